The molecule has 3 aliphatic rings. The summed E-state index contributed by atoms with van der Waals surface area (Å²) in [6, 6.07) is 15.8. The fourth-order valence-corrected chi connectivity index (χ4v) is 5.24. The second kappa shape index (κ2) is 6.20. The summed E-state index contributed by atoms with van der Waals surface area (Å²) in [4.78, 5) is 33.9. The Hall–Kier alpha value is -2.60. The third kappa shape index (κ3) is 2.58. The Balaban J connectivity index is 1.55. The standard InChI is InChI=1S/C23H20BrN3O2/c24-14-7-5-13(6-8-14)22-21-17(16-3-1-2-4-18(16)25-21)11-19-23(29)26(15-9-10-15)12-20(28)27(19)22/h1-8,15,19,22,25H,9-12H2/t19-,22?/m0/s1. The first-order chi connectivity index (χ1) is 14.1. The Labute approximate surface area is 176 Å². The number of H-pyrrole nitrogens is 1. The molecular weight excluding hydrogens is 430 g/mol. The van der Waals surface area contributed by atoms with E-state index < -0.39 is 6.04 Å². The Morgan fingerprint density at radius 1 is 1.00 bits per heavy atom. The average molecular weight is 450 g/mol. The normalized spacial score (nSPS) is 24.0. The fourth-order valence-electron chi connectivity index (χ4n) is 4.97. The second-order valence-electron chi connectivity index (χ2n) is 8.24. The number of nitrogens with zero attached hydrogens (tertiary/aromatic N) is 2. The Bertz CT molecular complexity index is 1150. The summed E-state index contributed by atoms with van der Waals surface area (Å²) in [5.41, 5.74) is 4.27. The van der Waals surface area contributed by atoms with Gasteiger partial charge in [0.25, 0.3) is 0 Å². The molecular formula is C23H20BrN3O2. The number of hydrogen-bond donors (Lipinski definition) is 1. The molecule has 146 valence electrons. The van der Waals surface area contributed by atoms with Crippen molar-refractivity contribution in [3.8, 4) is 0 Å². The number of piperazine rings is 1. The highest BCUT2D eigenvalue weighted by atomic mass is 79.9. The number of amides is 2. The van der Waals surface area contributed by atoms with E-state index in [0.29, 0.717) is 6.42 Å². The molecule has 2 aromatic carbocycles. The lowest BCUT2D eigenvalue weighted by atomic mass is 9.86. The molecule has 6 rings (SSSR count). The zero-order valence-electron chi connectivity index (χ0n) is 15.8. The van der Waals surface area contributed by atoms with Crippen molar-refractivity contribution in [3.05, 3.63) is 69.8 Å². The molecule has 1 aromatic heterocycles. The van der Waals surface area contributed by atoms with Crippen LogP contribution in [0, 0.1) is 0 Å². The first-order valence-corrected chi connectivity index (χ1v) is 10.9. The molecule has 2 atom stereocenters. The number of aromatic amines is 1. The van der Waals surface area contributed by atoms with Crippen molar-refractivity contribution in [3.63, 3.8) is 0 Å². The number of hydrogen-bond acceptors (Lipinski definition) is 2. The molecule has 3 heterocycles. The van der Waals surface area contributed by atoms with Crippen LogP contribution >= 0.6 is 15.9 Å². The van der Waals surface area contributed by atoms with Crippen LogP contribution in [-0.2, 0) is 16.0 Å². The molecule has 0 spiro atoms. The van der Waals surface area contributed by atoms with Gasteiger partial charge in [-0.25, -0.2) is 0 Å². The molecule has 1 N–H and O–H groups in total. The Kier molecular flexibility index (Phi) is 3.69. The van der Waals surface area contributed by atoms with Crippen LogP contribution in [0.4, 0.5) is 0 Å². The SMILES string of the molecule is O=C1[C@@H]2Cc3c([nH]c4ccccc34)C(c3ccc(Br)cc3)N2C(=O)CN1C1CC1. The summed E-state index contributed by atoms with van der Waals surface area (Å²) in [5, 5.41) is 1.15. The van der Waals surface area contributed by atoms with Gasteiger partial charge in [0.2, 0.25) is 11.8 Å². The Morgan fingerprint density at radius 3 is 2.52 bits per heavy atom. The van der Waals surface area contributed by atoms with Crippen LogP contribution in [-0.4, -0.2) is 45.2 Å². The molecule has 1 saturated heterocycles. The van der Waals surface area contributed by atoms with Crippen LogP contribution in [0.5, 0.6) is 0 Å². The summed E-state index contributed by atoms with van der Waals surface area (Å²) in [6.07, 6.45) is 2.60. The molecule has 5 nitrogen and oxygen atoms in total. The van der Waals surface area contributed by atoms with Crippen LogP contribution in [0.2, 0.25) is 0 Å². The highest BCUT2D eigenvalue weighted by molar-refractivity contribution is 9.10. The molecule has 2 amide bonds. The fraction of sp³-hybridized carbons (Fsp3) is 0.304. The number of para-hydroxylation sites is 1. The van der Waals surface area contributed by atoms with Crippen LogP contribution in [0.3, 0.4) is 0 Å². The van der Waals surface area contributed by atoms with Crippen molar-refractivity contribution in [2.75, 3.05) is 6.54 Å². The van der Waals surface area contributed by atoms with Crippen molar-refractivity contribution in [1.82, 2.24) is 14.8 Å². The smallest absolute Gasteiger partial charge is 0.246 e. The van der Waals surface area contributed by atoms with E-state index in [4.69, 9.17) is 0 Å². The van der Waals surface area contributed by atoms with Crippen molar-refractivity contribution in [2.45, 2.75) is 37.4 Å². The summed E-state index contributed by atoms with van der Waals surface area (Å²) >= 11 is 3.50. The van der Waals surface area contributed by atoms with E-state index in [2.05, 4.69) is 33.0 Å². The van der Waals surface area contributed by atoms with Crippen LogP contribution < -0.4 is 0 Å². The number of halogens is 1. The highest BCUT2D eigenvalue weighted by Gasteiger charge is 2.50. The van der Waals surface area contributed by atoms with E-state index in [9.17, 15) is 9.59 Å². The molecule has 1 saturated carbocycles. The zero-order chi connectivity index (χ0) is 19.7. The molecule has 1 aliphatic carbocycles. The molecule has 1 unspecified atom stereocenters. The van der Waals surface area contributed by atoms with E-state index >= 15 is 0 Å². The third-order valence-electron chi connectivity index (χ3n) is 6.47. The number of nitrogens with one attached hydrogen (secondary N) is 1. The molecule has 0 bridgehead atoms. The number of benzene rings is 2. The molecule has 2 fully saturated rings. The predicted molar refractivity (Wildman–Crippen MR) is 113 cm³/mol. The van der Waals surface area contributed by atoms with Gasteiger partial charge in [-0.15, -0.1) is 0 Å². The minimum absolute atomic E-state index is 0.0405. The van der Waals surface area contributed by atoms with Crippen molar-refractivity contribution in [1.29, 1.82) is 0 Å². The van der Waals surface area contributed by atoms with Gasteiger partial charge in [0, 0.05) is 33.5 Å². The monoisotopic (exact) mass is 449 g/mol. The van der Waals surface area contributed by atoms with Gasteiger partial charge in [-0.05, 0) is 42.2 Å². The van der Waals surface area contributed by atoms with Gasteiger partial charge in [-0.2, -0.15) is 0 Å². The topological polar surface area (TPSA) is 56.4 Å². The molecule has 3 aromatic rings. The minimum atomic E-state index is -0.433. The van der Waals surface area contributed by atoms with Gasteiger partial charge in [-0.3, -0.25) is 9.59 Å². The number of rotatable bonds is 2. The minimum Gasteiger partial charge on any atom is -0.356 e. The van der Waals surface area contributed by atoms with Gasteiger partial charge in [0.1, 0.15) is 12.6 Å². The summed E-state index contributed by atoms with van der Waals surface area (Å²) in [7, 11) is 0. The molecule has 2 aliphatic heterocycles. The summed E-state index contributed by atoms with van der Waals surface area (Å²) in [6.45, 7) is 0.197. The van der Waals surface area contributed by atoms with Crippen molar-refractivity contribution >= 4 is 38.6 Å². The average Bonchev–Trinajstić information content (AvgIpc) is 3.50. The van der Waals surface area contributed by atoms with E-state index in [1.165, 1.54) is 0 Å². The van der Waals surface area contributed by atoms with E-state index in [0.717, 1.165) is 45.0 Å². The van der Waals surface area contributed by atoms with Gasteiger partial charge < -0.3 is 14.8 Å². The van der Waals surface area contributed by atoms with Gasteiger partial charge >= 0.3 is 0 Å². The van der Waals surface area contributed by atoms with E-state index in [1.54, 1.807) is 0 Å². The van der Waals surface area contributed by atoms with Gasteiger partial charge in [-0.1, -0.05) is 46.3 Å². The van der Waals surface area contributed by atoms with Crippen LogP contribution in [0.1, 0.15) is 35.7 Å². The van der Waals surface area contributed by atoms with Crippen LogP contribution in [0.25, 0.3) is 10.9 Å². The maximum atomic E-state index is 13.4. The maximum absolute atomic E-state index is 13.4. The van der Waals surface area contributed by atoms with Crippen molar-refractivity contribution < 1.29 is 9.59 Å². The third-order valence-corrected chi connectivity index (χ3v) is 7.00. The lowest BCUT2D eigenvalue weighted by Crippen LogP contribution is -2.63. The van der Waals surface area contributed by atoms with E-state index in [-0.39, 0.29) is 30.4 Å². The Morgan fingerprint density at radius 2 is 1.76 bits per heavy atom. The number of fused-ring (bicyclic) bond motifs is 4. The van der Waals surface area contributed by atoms with E-state index in [1.807, 2.05) is 46.2 Å². The first kappa shape index (κ1) is 17.3. The number of carbonyl (C=O) groups excluding carboxylic acids is 2. The van der Waals surface area contributed by atoms with Crippen molar-refractivity contribution in [2.24, 2.45) is 0 Å². The van der Waals surface area contributed by atoms with Crippen LogP contribution in [0.15, 0.2) is 53.0 Å². The highest BCUT2D eigenvalue weighted by Crippen LogP contribution is 2.43. The second-order valence-corrected chi connectivity index (χ2v) is 9.15. The predicted octanol–water partition coefficient (Wildman–Crippen LogP) is 3.78. The molecule has 0 radical (unpaired) electrons. The first-order valence-electron chi connectivity index (χ1n) is 10.1. The van der Waals surface area contributed by atoms with Gasteiger partial charge in [0.05, 0.1) is 6.04 Å². The molecule has 6 heteroatoms. The number of aromatic nitrogens is 1. The number of carbonyl (C=O) groups is 2. The maximum Gasteiger partial charge on any atom is 0.246 e. The largest absolute Gasteiger partial charge is 0.356 e. The lowest BCUT2D eigenvalue weighted by Gasteiger charge is -2.47. The van der Waals surface area contributed by atoms with Gasteiger partial charge in [0.15, 0.2) is 0 Å². The lowest BCUT2D eigenvalue weighted by molar-refractivity contribution is -0.159. The summed E-state index contributed by atoms with van der Waals surface area (Å²) < 4.78 is 0.992. The zero-order valence-corrected chi connectivity index (χ0v) is 17.4. The summed E-state index contributed by atoms with van der Waals surface area (Å²) in [5.74, 6) is 0.142. The molecule has 29 heavy (non-hydrogen) atoms. The quantitative estimate of drug-likeness (QED) is 0.646.